The summed E-state index contributed by atoms with van der Waals surface area (Å²) < 4.78 is 0.422. The highest BCUT2D eigenvalue weighted by Crippen LogP contribution is 2.13. The summed E-state index contributed by atoms with van der Waals surface area (Å²) in [6, 6.07) is -2.31. The zero-order chi connectivity index (χ0) is 17.3. The molecule has 2 atom stereocenters. The maximum absolute atomic E-state index is 11.7. The highest BCUT2D eigenvalue weighted by atomic mass is 35.5. The van der Waals surface area contributed by atoms with Gasteiger partial charge in [-0.05, 0) is 30.0 Å². The first-order chi connectivity index (χ1) is 10.2. The molecular formula is C10H15Cl2N3O6S. The van der Waals surface area contributed by atoms with E-state index in [0.29, 0.717) is 3.94 Å². The summed E-state index contributed by atoms with van der Waals surface area (Å²) in [4.78, 5) is 44.4. The van der Waals surface area contributed by atoms with E-state index in [-0.39, 0.29) is 18.6 Å². The average Bonchev–Trinajstić information content (AvgIpc) is 2.41. The van der Waals surface area contributed by atoms with Gasteiger partial charge in [0.15, 0.2) is 0 Å². The Morgan fingerprint density at radius 2 is 1.77 bits per heavy atom. The Morgan fingerprint density at radius 3 is 2.18 bits per heavy atom. The van der Waals surface area contributed by atoms with Crippen LogP contribution in [0.5, 0.6) is 0 Å². The van der Waals surface area contributed by atoms with E-state index in [1.54, 1.807) is 0 Å². The van der Waals surface area contributed by atoms with Gasteiger partial charge in [-0.1, -0.05) is 0 Å². The van der Waals surface area contributed by atoms with Crippen molar-refractivity contribution in [2.45, 2.75) is 24.9 Å². The monoisotopic (exact) mass is 375 g/mol. The summed E-state index contributed by atoms with van der Waals surface area (Å²) in [6.07, 6.45) is -0.423. The van der Waals surface area contributed by atoms with E-state index in [1.165, 1.54) is 0 Å². The second-order valence-electron chi connectivity index (χ2n) is 4.07. The van der Waals surface area contributed by atoms with Crippen LogP contribution in [0.1, 0.15) is 12.8 Å². The second-order valence-corrected chi connectivity index (χ2v) is 5.33. The van der Waals surface area contributed by atoms with Crippen molar-refractivity contribution in [1.29, 1.82) is 0 Å². The van der Waals surface area contributed by atoms with Crippen molar-refractivity contribution in [3.8, 4) is 0 Å². The number of nitrogens with one attached hydrogen (secondary N) is 2. The Labute approximate surface area is 141 Å². The third-order valence-electron chi connectivity index (χ3n) is 2.41. The lowest BCUT2D eigenvalue weighted by Gasteiger charge is -2.17. The molecule has 0 aromatic heterocycles. The fourth-order valence-electron chi connectivity index (χ4n) is 1.32. The second kappa shape index (κ2) is 10.5. The van der Waals surface area contributed by atoms with E-state index in [9.17, 15) is 19.2 Å². The lowest BCUT2D eigenvalue weighted by molar-refractivity contribution is -0.140. The van der Waals surface area contributed by atoms with Gasteiger partial charge in [0.2, 0.25) is 11.8 Å². The number of carboxylic acids is 2. The average molecular weight is 376 g/mol. The van der Waals surface area contributed by atoms with Crippen molar-refractivity contribution >= 4 is 59.9 Å². The minimum atomic E-state index is -1.30. The molecule has 0 saturated heterocycles. The molecule has 4 N–H and O–H groups in total. The molecule has 12 heteroatoms. The highest BCUT2D eigenvalue weighted by Gasteiger charge is 2.25. The number of hydrogen-bond donors (Lipinski definition) is 5. The number of carboxylic acid groups (broad SMARTS) is 2. The number of rotatable bonds is 10. The number of halogens is 2. The van der Waals surface area contributed by atoms with E-state index in [0.717, 1.165) is 0 Å². The van der Waals surface area contributed by atoms with Gasteiger partial charge in [0.05, 0.1) is 0 Å². The standard InChI is InChI=1S/C10H15Cl2N3O6S/c11-15(12)6(10(20)21)1-2-7(16)14-5(4-22)9(19)13-3-8(17)18/h5-6,22H,1-4H2,(H,13,19)(H,14,16)(H,17,18)(H,20,21). The van der Waals surface area contributed by atoms with E-state index in [4.69, 9.17) is 33.8 Å². The molecule has 0 aromatic rings. The Balaban J connectivity index is 4.39. The molecule has 0 radical (unpaired) electrons. The molecule has 0 aliphatic rings. The number of thiol groups is 1. The zero-order valence-corrected chi connectivity index (χ0v) is 13.6. The number of amides is 2. The van der Waals surface area contributed by atoms with Crippen molar-refractivity contribution in [1.82, 2.24) is 14.6 Å². The molecule has 126 valence electrons. The minimum Gasteiger partial charge on any atom is -0.480 e. The Morgan fingerprint density at radius 1 is 1.18 bits per heavy atom. The fourth-order valence-corrected chi connectivity index (χ4v) is 1.94. The van der Waals surface area contributed by atoms with Crippen LogP contribution in [0.3, 0.4) is 0 Å². The van der Waals surface area contributed by atoms with Crippen LogP contribution in [-0.4, -0.2) is 62.3 Å². The van der Waals surface area contributed by atoms with Crippen LogP contribution >= 0.6 is 36.2 Å². The minimum absolute atomic E-state index is 0.0588. The van der Waals surface area contributed by atoms with Crippen LogP contribution in [0.4, 0.5) is 0 Å². The highest BCUT2D eigenvalue weighted by molar-refractivity contribution is 7.80. The summed E-state index contributed by atoms with van der Waals surface area (Å²) in [7, 11) is 0. The number of hydrogen-bond acceptors (Lipinski definition) is 6. The number of carbonyl (C=O) groups is 4. The molecule has 9 nitrogen and oxygen atoms in total. The van der Waals surface area contributed by atoms with Crippen LogP contribution in [0, 0.1) is 0 Å². The molecule has 0 fully saturated rings. The smallest absolute Gasteiger partial charge is 0.323 e. The van der Waals surface area contributed by atoms with Crippen LogP contribution < -0.4 is 10.6 Å². The van der Waals surface area contributed by atoms with Crippen LogP contribution in [0.15, 0.2) is 0 Å². The molecule has 0 spiro atoms. The predicted molar refractivity (Wildman–Crippen MR) is 80.6 cm³/mol. The Hall–Kier alpha value is -1.23. The zero-order valence-electron chi connectivity index (χ0n) is 11.2. The first-order valence-electron chi connectivity index (χ1n) is 5.92. The fraction of sp³-hybridized carbons (Fsp3) is 0.600. The van der Waals surface area contributed by atoms with Crippen molar-refractivity contribution in [3.63, 3.8) is 0 Å². The first-order valence-corrected chi connectivity index (χ1v) is 7.23. The molecule has 22 heavy (non-hydrogen) atoms. The van der Waals surface area contributed by atoms with E-state index in [2.05, 4.69) is 23.3 Å². The molecule has 2 unspecified atom stereocenters. The van der Waals surface area contributed by atoms with Crippen molar-refractivity contribution in [2.75, 3.05) is 12.3 Å². The van der Waals surface area contributed by atoms with Gasteiger partial charge in [0.1, 0.15) is 18.6 Å². The Kier molecular flexibility index (Phi) is 9.90. The van der Waals surface area contributed by atoms with Gasteiger partial charge >= 0.3 is 11.9 Å². The van der Waals surface area contributed by atoms with Crippen molar-refractivity contribution in [3.05, 3.63) is 0 Å². The van der Waals surface area contributed by atoms with Gasteiger partial charge in [-0.2, -0.15) is 12.6 Å². The van der Waals surface area contributed by atoms with Gasteiger partial charge < -0.3 is 20.8 Å². The van der Waals surface area contributed by atoms with Crippen molar-refractivity contribution in [2.24, 2.45) is 0 Å². The molecule has 0 aromatic carbocycles. The topological polar surface area (TPSA) is 136 Å². The van der Waals surface area contributed by atoms with Crippen LogP contribution in [0.25, 0.3) is 0 Å². The molecule has 0 heterocycles. The summed E-state index contributed by atoms with van der Waals surface area (Å²) >= 11 is 14.5. The molecule has 2 amide bonds. The first kappa shape index (κ1) is 20.8. The number of aliphatic carboxylic acids is 2. The lowest BCUT2D eigenvalue weighted by atomic mass is 10.1. The number of carbonyl (C=O) groups excluding carboxylic acids is 2. The summed E-state index contributed by atoms with van der Waals surface area (Å²) in [5.74, 6) is -3.92. The number of nitrogens with zero attached hydrogens (tertiary/aromatic N) is 1. The predicted octanol–water partition coefficient (Wildman–Crippen LogP) is -0.555. The van der Waals surface area contributed by atoms with E-state index >= 15 is 0 Å². The van der Waals surface area contributed by atoms with Crippen molar-refractivity contribution < 1.29 is 29.4 Å². The van der Waals surface area contributed by atoms with Gasteiger partial charge in [-0.25, -0.2) is 0 Å². The molecule has 0 saturated carbocycles. The normalized spacial score (nSPS) is 13.3. The van der Waals surface area contributed by atoms with Crippen LogP contribution in [0.2, 0.25) is 0 Å². The maximum Gasteiger partial charge on any atom is 0.323 e. The van der Waals surface area contributed by atoms with Crippen LogP contribution in [-0.2, 0) is 19.2 Å². The van der Waals surface area contributed by atoms with Gasteiger partial charge in [0.25, 0.3) is 0 Å². The summed E-state index contributed by atoms with van der Waals surface area (Å²) in [5.41, 5.74) is 0. The Bertz CT molecular complexity index is 437. The van der Waals surface area contributed by atoms with E-state index < -0.39 is 42.4 Å². The molecule has 0 aliphatic heterocycles. The van der Waals surface area contributed by atoms with E-state index in [1.807, 2.05) is 0 Å². The third kappa shape index (κ3) is 8.27. The van der Waals surface area contributed by atoms with Gasteiger partial charge in [0, 0.05) is 12.2 Å². The van der Waals surface area contributed by atoms with Gasteiger partial charge in [-0.15, -0.1) is 3.94 Å². The summed E-state index contributed by atoms with van der Waals surface area (Å²) in [6.45, 7) is -0.590. The maximum atomic E-state index is 11.7. The quantitative estimate of drug-likeness (QED) is 0.255. The largest absolute Gasteiger partial charge is 0.480 e. The third-order valence-corrected chi connectivity index (χ3v) is 3.25. The van der Waals surface area contributed by atoms with Gasteiger partial charge in [-0.3, -0.25) is 19.2 Å². The lowest BCUT2D eigenvalue weighted by Crippen LogP contribution is -2.49. The molecular weight excluding hydrogens is 361 g/mol. The summed E-state index contributed by atoms with van der Waals surface area (Å²) in [5, 5.41) is 21.7. The molecule has 0 rings (SSSR count). The SMILES string of the molecule is O=C(O)CNC(=O)C(CS)NC(=O)CCC(C(=O)O)N(Cl)Cl. The molecule has 0 bridgehead atoms. The molecule has 0 aliphatic carbocycles.